The van der Waals surface area contributed by atoms with Crippen molar-refractivity contribution >= 4 is 5.78 Å². The van der Waals surface area contributed by atoms with Crippen LogP contribution in [0.25, 0.3) is 0 Å². The molecule has 1 saturated carbocycles. The maximum atomic E-state index is 12.6. The molecule has 0 radical (unpaired) electrons. The van der Waals surface area contributed by atoms with Gasteiger partial charge in [-0.2, -0.15) is 0 Å². The maximum Gasteiger partial charge on any atom is 0.248 e. The Hall–Kier alpha value is -0.510. The van der Waals surface area contributed by atoms with E-state index in [1.807, 2.05) is 13.8 Å². The number of hydrogen-bond donors (Lipinski definition) is 1. The number of alkyl halides is 2. The van der Waals surface area contributed by atoms with E-state index in [0.29, 0.717) is 0 Å². The number of halogens is 2. The topological polar surface area (TPSA) is 37.3 Å². The normalized spacial score (nSPS) is 23.3. The quantitative estimate of drug-likeness (QED) is 0.719. The van der Waals surface area contributed by atoms with Crippen LogP contribution in [0.5, 0.6) is 0 Å². The first-order chi connectivity index (χ1) is 6.36. The lowest BCUT2D eigenvalue weighted by Crippen LogP contribution is -2.43. The molecule has 1 aliphatic rings. The average molecular weight is 208 g/mol. The number of carbonyl (C=O) groups excluding carboxylic acids is 1. The van der Waals surface area contributed by atoms with E-state index in [1.54, 1.807) is 0 Å². The first kappa shape index (κ1) is 13.5. The Morgan fingerprint density at radius 3 is 1.79 bits per heavy atom. The first-order valence-electron chi connectivity index (χ1n) is 4.97. The van der Waals surface area contributed by atoms with Crippen LogP contribution in [0.3, 0.4) is 0 Å². The van der Waals surface area contributed by atoms with Gasteiger partial charge in [0.25, 0.3) is 0 Å². The second-order valence-electron chi connectivity index (χ2n) is 3.44. The number of hydrogen-bond acceptors (Lipinski definition) is 2. The molecule has 1 N–H and O–H groups in total. The number of ketones is 1. The van der Waals surface area contributed by atoms with Crippen LogP contribution in [0.1, 0.15) is 46.5 Å². The molecule has 0 amide bonds. The smallest absolute Gasteiger partial charge is 0.248 e. The summed E-state index contributed by atoms with van der Waals surface area (Å²) in [6.45, 7) is 5.24. The van der Waals surface area contributed by atoms with Gasteiger partial charge in [-0.1, -0.05) is 13.8 Å². The fraction of sp³-hybridized carbons (Fsp3) is 0.900. The monoisotopic (exact) mass is 208 g/mol. The molecular formula is C10H18F2O2. The minimum atomic E-state index is -2.69. The fourth-order valence-corrected chi connectivity index (χ4v) is 1.38. The molecule has 0 atom stereocenters. The third-order valence-corrected chi connectivity index (χ3v) is 2.46. The van der Waals surface area contributed by atoms with E-state index in [2.05, 4.69) is 0 Å². The van der Waals surface area contributed by atoms with Gasteiger partial charge < -0.3 is 5.11 Å². The van der Waals surface area contributed by atoms with Crippen molar-refractivity contribution in [2.45, 2.75) is 58.0 Å². The molecule has 0 saturated heterocycles. The van der Waals surface area contributed by atoms with Gasteiger partial charge in [0.15, 0.2) is 5.78 Å². The van der Waals surface area contributed by atoms with Crippen LogP contribution >= 0.6 is 0 Å². The number of aliphatic hydroxyl groups is 1. The van der Waals surface area contributed by atoms with Gasteiger partial charge >= 0.3 is 0 Å². The Labute approximate surface area is 83.3 Å². The van der Waals surface area contributed by atoms with Gasteiger partial charge in [0.2, 0.25) is 5.92 Å². The molecule has 0 aromatic carbocycles. The van der Waals surface area contributed by atoms with Gasteiger partial charge in [0.1, 0.15) is 5.60 Å². The van der Waals surface area contributed by atoms with Gasteiger partial charge in [-0.15, -0.1) is 0 Å². The zero-order chi connectivity index (χ0) is 11.4. The molecule has 1 rings (SSSR count). The van der Waals surface area contributed by atoms with Gasteiger partial charge in [-0.05, 0) is 19.8 Å². The van der Waals surface area contributed by atoms with E-state index in [9.17, 15) is 18.7 Å². The van der Waals surface area contributed by atoms with E-state index in [-0.39, 0.29) is 25.7 Å². The summed E-state index contributed by atoms with van der Waals surface area (Å²) in [5.41, 5.74) is -1.48. The maximum absolute atomic E-state index is 12.6. The number of rotatable bonds is 1. The van der Waals surface area contributed by atoms with Crippen LogP contribution in [0.4, 0.5) is 8.78 Å². The van der Waals surface area contributed by atoms with Crippen molar-refractivity contribution in [3.8, 4) is 0 Å². The second-order valence-corrected chi connectivity index (χ2v) is 3.44. The van der Waals surface area contributed by atoms with Crippen molar-refractivity contribution < 1.29 is 18.7 Å². The fourth-order valence-electron chi connectivity index (χ4n) is 1.38. The van der Waals surface area contributed by atoms with E-state index in [0.717, 1.165) is 0 Å². The molecule has 0 aromatic rings. The Balaban J connectivity index is 0.000000791. The van der Waals surface area contributed by atoms with E-state index in [1.165, 1.54) is 6.92 Å². The molecular weight excluding hydrogens is 190 g/mol. The molecule has 0 aromatic heterocycles. The van der Waals surface area contributed by atoms with Crippen LogP contribution in [-0.2, 0) is 4.79 Å². The molecule has 0 bridgehead atoms. The van der Waals surface area contributed by atoms with E-state index in [4.69, 9.17) is 0 Å². The minimum Gasteiger partial charge on any atom is -0.382 e. The van der Waals surface area contributed by atoms with Gasteiger partial charge in [-0.3, -0.25) is 4.79 Å². The highest BCUT2D eigenvalue weighted by molar-refractivity contribution is 5.84. The third-order valence-electron chi connectivity index (χ3n) is 2.46. The molecule has 0 heterocycles. The van der Waals surface area contributed by atoms with Gasteiger partial charge in [0, 0.05) is 12.8 Å². The highest BCUT2D eigenvalue weighted by Crippen LogP contribution is 2.38. The molecule has 1 fully saturated rings. The summed E-state index contributed by atoms with van der Waals surface area (Å²) in [5, 5.41) is 9.50. The highest BCUT2D eigenvalue weighted by Gasteiger charge is 2.44. The van der Waals surface area contributed by atoms with Crippen molar-refractivity contribution in [1.29, 1.82) is 0 Å². The Morgan fingerprint density at radius 2 is 1.50 bits per heavy atom. The summed E-state index contributed by atoms with van der Waals surface area (Å²) in [6.07, 6.45) is -1.00. The lowest BCUT2D eigenvalue weighted by Gasteiger charge is -2.33. The van der Waals surface area contributed by atoms with Crippen LogP contribution < -0.4 is 0 Å². The van der Waals surface area contributed by atoms with Crippen molar-refractivity contribution in [1.82, 2.24) is 0 Å². The Morgan fingerprint density at radius 1 is 1.14 bits per heavy atom. The summed E-state index contributed by atoms with van der Waals surface area (Å²) in [7, 11) is 0. The summed E-state index contributed by atoms with van der Waals surface area (Å²) in [5.74, 6) is -3.10. The average Bonchev–Trinajstić information content (AvgIpc) is 2.14. The highest BCUT2D eigenvalue weighted by atomic mass is 19.3. The zero-order valence-electron chi connectivity index (χ0n) is 8.94. The summed E-state index contributed by atoms with van der Waals surface area (Å²) >= 11 is 0. The summed E-state index contributed by atoms with van der Waals surface area (Å²) in [4.78, 5) is 10.8. The molecule has 0 aliphatic heterocycles. The number of Topliss-reactive ketones (excluding diaryl/α,β-unsaturated/α-hetero) is 1. The van der Waals surface area contributed by atoms with Crippen LogP contribution in [-0.4, -0.2) is 22.4 Å². The molecule has 4 heteroatoms. The van der Waals surface area contributed by atoms with Crippen LogP contribution in [0.2, 0.25) is 0 Å². The largest absolute Gasteiger partial charge is 0.382 e. The predicted octanol–water partition coefficient (Wildman–Crippen LogP) is 2.54. The molecule has 84 valence electrons. The lowest BCUT2D eigenvalue weighted by atomic mass is 9.80. The minimum absolute atomic E-state index is 0.116. The predicted molar refractivity (Wildman–Crippen MR) is 50.4 cm³/mol. The van der Waals surface area contributed by atoms with E-state index >= 15 is 0 Å². The van der Waals surface area contributed by atoms with Crippen molar-refractivity contribution in [2.24, 2.45) is 0 Å². The van der Waals surface area contributed by atoms with Crippen molar-refractivity contribution in [3.63, 3.8) is 0 Å². The molecule has 14 heavy (non-hydrogen) atoms. The standard InChI is InChI=1S/C8H12F2O2.C2H6/c1-6(11)7(12)2-4-8(9,10)5-3-7;1-2/h12H,2-5H2,1H3;1-2H3. The summed E-state index contributed by atoms with van der Waals surface area (Å²) in [6, 6.07) is 0. The second kappa shape index (κ2) is 4.82. The first-order valence-corrected chi connectivity index (χ1v) is 4.97. The van der Waals surface area contributed by atoms with Crippen LogP contribution in [0.15, 0.2) is 0 Å². The molecule has 0 spiro atoms. The Bertz CT molecular complexity index is 192. The summed E-state index contributed by atoms with van der Waals surface area (Å²) < 4.78 is 25.2. The van der Waals surface area contributed by atoms with Gasteiger partial charge in [-0.25, -0.2) is 8.78 Å². The molecule has 1 aliphatic carbocycles. The van der Waals surface area contributed by atoms with Crippen LogP contribution in [0, 0.1) is 0 Å². The Kier molecular flexibility index (Phi) is 4.65. The van der Waals surface area contributed by atoms with Gasteiger partial charge in [0.05, 0.1) is 0 Å². The molecule has 0 unspecified atom stereocenters. The third kappa shape index (κ3) is 3.33. The SMILES string of the molecule is CC.CC(=O)C1(O)CCC(F)(F)CC1. The number of carbonyl (C=O) groups is 1. The van der Waals surface area contributed by atoms with E-state index < -0.39 is 17.3 Å². The van der Waals surface area contributed by atoms with Crippen molar-refractivity contribution in [3.05, 3.63) is 0 Å². The molecule has 2 nitrogen and oxygen atoms in total. The lowest BCUT2D eigenvalue weighted by molar-refractivity contribution is -0.148. The zero-order valence-corrected chi connectivity index (χ0v) is 8.94. The van der Waals surface area contributed by atoms with Crippen molar-refractivity contribution in [2.75, 3.05) is 0 Å².